The van der Waals surface area contributed by atoms with Crippen molar-refractivity contribution in [2.75, 3.05) is 0 Å². The Morgan fingerprint density at radius 1 is 1.25 bits per heavy atom. The average Bonchev–Trinajstić information content (AvgIpc) is 0. The second kappa shape index (κ2) is 17.0. The van der Waals surface area contributed by atoms with Crippen molar-refractivity contribution in [3.63, 3.8) is 0 Å². The van der Waals surface area contributed by atoms with Crippen LogP contribution in [0.3, 0.4) is 0 Å². The van der Waals surface area contributed by atoms with Crippen molar-refractivity contribution in [2.45, 2.75) is 0 Å². The summed E-state index contributed by atoms with van der Waals surface area (Å²) in [5, 5.41) is 0. The molecule has 0 saturated heterocycles. The van der Waals surface area contributed by atoms with E-state index in [1.165, 1.54) is 0 Å². The van der Waals surface area contributed by atoms with Crippen molar-refractivity contribution in [1.29, 1.82) is 0 Å². The van der Waals surface area contributed by atoms with Crippen LogP contribution >= 0.6 is 0 Å². The summed E-state index contributed by atoms with van der Waals surface area (Å²) >= 11 is 0. The fourth-order valence-electron chi connectivity index (χ4n) is 0. The SMILES string of the molecule is O.[BiH3].[Cu].[H-].[H-].[Sr+2]. The van der Waals surface area contributed by atoms with Gasteiger partial charge < -0.3 is 8.33 Å². The summed E-state index contributed by atoms with van der Waals surface area (Å²) in [6, 6.07) is 0. The average molecular weight is 383 g/mol. The first kappa shape index (κ1) is 28.9. The second-order valence-electron chi connectivity index (χ2n) is 0. The molecule has 0 amide bonds. The molecule has 2 N–H and O–H groups in total. The third kappa shape index (κ3) is 8.85. The predicted octanol–water partition coefficient (Wildman–Crippen LogP) is -2.17. The van der Waals surface area contributed by atoms with E-state index < -0.39 is 0 Å². The Hall–Kier alpha value is 2.84. The topological polar surface area (TPSA) is 31.5 Å². The third-order valence-corrected chi connectivity index (χ3v) is 0. The third-order valence-electron chi connectivity index (χ3n) is 0. The van der Waals surface area contributed by atoms with Crippen LogP contribution in [-0.4, -0.2) is 77.2 Å². The van der Waals surface area contributed by atoms with Crippen LogP contribution in [0.4, 0.5) is 0 Å². The van der Waals surface area contributed by atoms with Gasteiger partial charge in [-0.25, -0.2) is 0 Å². The fourth-order valence-corrected chi connectivity index (χ4v) is 0. The molecule has 0 spiro atoms. The van der Waals surface area contributed by atoms with Crippen LogP contribution in [-0.2, 0) is 17.1 Å². The fraction of sp³-hybridized carbons (Fsp3) is 0. The van der Waals surface area contributed by atoms with Crippen molar-refractivity contribution < 1.29 is 25.4 Å². The monoisotopic (exact) mass is 383 g/mol. The molecule has 31 valence electrons. The Kier molecular flexibility index (Phi) is 123. The molecule has 0 aromatic rings. The Balaban J connectivity index is 0. The molecule has 0 aliphatic carbocycles. The van der Waals surface area contributed by atoms with E-state index in [0.29, 0.717) is 0 Å². The van der Waals surface area contributed by atoms with Gasteiger partial charge in [0.15, 0.2) is 0 Å². The van der Waals surface area contributed by atoms with Gasteiger partial charge in [-0.15, -0.1) is 0 Å². The Morgan fingerprint density at radius 2 is 1.25 bits per heavy atom. The quantitative estimate of drug-likeness (QED) is 0.427. The zero-order valence-corrected chi connectivity index (χ0v) is 12.1. The van der Waals surface area contributed by atoms with Gasteiger partial charge in [-0.3, -0.25) is 0 Å². The molecule has 4 heavy (non-hydrogen) atoms. The van der Waals surface area contributed by atoms with Gasteiger partial charge in [0.05, 0.1) is 0 Å². The molecule has 1 radical (unpaired) electrons. The minimum atomic E-state index is 0. The molecular weight excluding hydrogens is 376 g/mol. The van der Waals surface area contributed by atoms with Gasteiger partial charge in [0.2, 0.25) is 0 Å². The Labute approximate surface area is 95.1 Å². The smallest absolute Gasteiger partial charge is 1.00 e. The van der Waals surface area contributed by atoms with Crippen LogP contribution in [0.1, 0.15) is 2.85 Å². The summed E-state index contributed by atoms with van der Waals surface area (Å²) in [5.41, 5.74) is 0. The van der Waals surface area contributed by atoms with E-state index in [1.807, 2.05) is 0 Å². The van der Waals surface area contributed by atoms with Crippen molar-refractivity contribution in [2.24, 2.45) is 0 Å². The first-order valence-corrected chi connectivity index (χ1v) is 0. The summed E-state index contributed by atoms with van der Waals surface area (Å²) in [6.45, 7) is 0. The molecule has 0 aliphatic heterocycles. The normalized spacial score (nSPS) is 0. The maximum absolute atomic E-state index is 0. The molecule has 0 saturated carbocycles. The van der Waals surface area contributed by atoms with E-state index in [2.05, 4.69) is 0 Å². The van der Waals surface area contributed by atoms with Crippen LogP contribution in [0.25, 0.3) is 0 Å². The van der Waals surface area contributed by atoms with E-state index in [4.69, 9.17) is 0 Å². The van der Waals surface area contributed by atoms with Gasteiger partial charge in [0.25, 0.3) is 0 Å². The minimum absolute atomic E-state index is 0. The summed E-state index contributed by atoms with van der Waals surface area (Å²) in [6.07, 6.45) is 0. The predicted molar refractivity (Wildman–Crippen MR) is 21.5 cm³/mol. The first-order valence-electron chi connectivity index (χ1n) is 0. The van der Waals surface area contributed by atoms with Gasteiger partial charge in [-0.2, -0.15) is 0 Å². The molecule has 1 nitrogen and oxygen atoms in total. The van der Waals surface area contributed by atoms with Crippen molar-refractivity contribution in [3.05, 3.63) is 0 Å². The molecular formula is H7BiCuOSr. The number of hydrogen-bond acceptors (Lipinski definition) is 0. The van der Waals surface area contributed by atoms with E-state index in [-0.39, 0.29) is 97.1 Å². The van der Waals surface area contributed by atoms with Gasteiger partial charge in [0.1, 0.15) is 0 Å². The van der Waals surface area contributed by atoms with E-state index in [1.54, 1.807) is 0 Å². The van der Waals surface area contributed by atoms with E-state index in [9.17, 15) is 0 Å². The molecule has 4 heteroatoms. The van der Waals surface area contributed by atoms with Crippen molar-refractivity contribution in [1.82, 2.24) is 0 Å². The zero-order valence-electron chi connectivity index (χ0n) is 4.22. The van der Waals surface area contributed by atoms with E-state index >= 15 is 0 Å². The van der Waals surface area contributed by atoms with Gasteiger partial charge in [-0.1, -0.05) is 0 Å². The second-order valence-corrected chi connectivity index (χ2v) is 0. The summed E-state index contributed by atoms with van der Waals surface area (Å²) in [7, 11) is 0. The molecule has 0 rings (SSSR count). The summed E-state index contributed by atoms with van der Waals surface area (Å²) in [5.74, 6) is 0. The Bertz CT molecular complexity index is 13.5. The standard InChI is InChI=1S/Bi.Cu.H2O.Sr.5H/h;;1H2;;;;;;/q;;;+2;;;;2*-1. The number of hydrogen-bond donors (Lipinski definition) is 0. The summed E-state index contributed by atoms with van der Waals surface area (Å²) < 4.78 is 0. The molecule has 0 bridgehead atoms. The van der Waals surface area contributed by atoms with Crippen LogP contribution in [0.15, 0.2) is 0 Å². The van der Waals surface area contributed by atoms with Gasteiger partial charge in [-0.05, 0) is 0 Å². The van der Waals surface area contributed by atoms with Gasteiger partial charge >= 0.3 is 71.7 Å². The largest absolute Gasteiger partial charge is 2.00 e. The Morgan fingerprint density at radius 3 is 1.25 bits per heavy atom. The summed E-state index contributed by atoms with van der Waals surface area (Å²) in [4.78, 5) is 0. The zero-order chi connectivity index (χ0) is 0. The number of rotatable bonds is 0. The van der Waals surface area contributed by atoms with Crippen LogP contribution < -0.4 is 0 Å². The van der Waals surface area contributed by atoms with Crippen LogP contribution in [0.2, 0.25) is 0 Å². The molecule has 0 fully saturated rings. The van der Waals surface area contributed by atoms with Crippen LogP contribution in [0, 0.1) is 0 Å². The molecule has 0 unspecified atom stereocenters. The van der Waals surface area contributed by atoms with Crippen molar-refractivity contribution >= 4 is 71.7 Å². The molecule has 0 aromatic carbocycles. The maximum atomic E-state index is 0. The van der Waals surface area contributed by atoms with Gasteiger partial charge in [0, 0.05) is 17.1 Å². The maximum Gasteiger partial charge on any atom is 2.00 e. The molecule has 0 heterocycles. The molecule has 0 atom stereocenters. The molecule has 0 aliphatic rings. The van der Waals surface area contributed by atoms with Crippen molar-refractivity contribution in [3.8, 4) is 0 Å². The van der Waals surface area contributed by atoms with E-state index in [0.717, 1.165) is 0 Å². The minimum Gasteiger partial charge on any atom is -1.00 e. The van der Waals surface area contributed by atoms with Crippen LogP contribution in [0.5, 0.6) is 0 Å². The first-order chi connectivity index (χ1) is 0. The molecule has 0 aromatic heterocycles.